The van der Waals surface area contributed by atoms with Gasteiger partial charge in [0.05, 0.1) is 12.9 Å². The van der Waals surface area contributed by atoms with Gasteiger partial charge >= 0.3 is 0 Å². The van der Waals surface area contributed by atoms with Crippen LogP contribution in [0.3, 0.4) is 0 Å². The molecule has 0 radical (unpaired) electrons. The molecule has 0 aliphatic carbocycles. The van der Waals surface area contributed by atoms with E-state index in [4.69, 9.17) is 15.8 Å². The monoisotopic (exact) mass is 291 g/mol. The zero-order valence-corrected chi connectivity index (χ0v) is 12.3. The molecule has 0 amide bonds. The van der Waals surface area contributed by atoms with Crippen molar-refractivity contribution in [3.8, 4) is 0 Å². The molecule has 1 unspecified atom stereocenters. The summed E-state index contributed by atoms with van der Waals surface area (Å²) in [6, 6.07) is 7.63. The van der Waals surface area contributed by atoms with E-state index in [0.717, 1.165) is 11.8 Å². The van der Waals surface area contributed by atoms with Crippen LogP contribution in [0.5, 0.6) is 0 Å². The lowest BCUT2D eigenvalue weighted by atomic mass is 10.0. The predicted molar refractivity (Wildman–Crippen MR) is 73.3 cm³/mol. The standard InChI is InChI=1S/C12H18ClNO3S/c1-14(2)12(8-9-17-18(3,15)16)10-4-6-11(13)7-5-10/h4-7,12H,8-9H2,1-3H3. The van der Waals surface area contributed by atoms with Crippen LogP contribution in [0.4, 0.5) is 0 Å². The molecule has 1 aromatic rings. The Labute approximate surface area is 114 Å². The Morgan fingerprint density at radius 3 is 2.28 bits per heavy atom. The van der Waals surface area contributed by atoms with E-state index in [1.54, 1.807) is 0 Å². The van der Waals surface area contributed by atoms with Gasteiger partial charge in [-0.1, -0.05) is 23.7 Å². The molecule has 0 saturated heterocycles. The van der Waals surface area contributed by atoms with E-state index >= 15 is 0 Å². The van der Waals surface area contributed by atoms with Crippen LogP contribution in [-0.2, 0) is 14.3 Å². The van der Waals surface area contributed by atoms with Gasteiger partial charge in [0, 0.05) is 11.1 Å². The van der Waals surface area contributed by atoms with Crippen LogP contribution in [0.15, 0.2) is 24.3 Å². The van der Waals surface area contributed by atoms with Gasteiger partial charge < -0.3 is 4.90 Å². The van der Waals surface area contributed by atoms with E-state index < -0.39 is 10.1 Å². The van der Waals surface area contributed by atoms with E-state index in [1.165, 1.54) is 0 Å². The smallest absolute Gasteiger partial charge is 0.264 e. The van der Waals surface area contributed by atoms with Crippen molar-refractivity contribution in [2.24, 2.45) is 0 Å². The molecule has 0 N–H and O–H groups in total. The second kappa shape index (κ2) is 6.52. The highest BCUT2D eigenvalue weighted by atomic mass is 35.5. The van der Waals surface area contributed by atoms with Crippen molar-refractivity contribution in [3.63, 3.8) is 0 Å². The third-order valence-corrected chi connectivity index (χ3v) is 3.41. The maximum Gasteiger partial charge on any atom is 0.264 e. The number of rotatable bonds is 6. The van der Waals surface area contributed by atoms with Crippen molar-refractivity contribution < 1.29 is 12.6 Å². The highest BCUT2D eigenvalue weighted by molar-refractivity contribution is 7.85. The van der Waals surface area contributed by atoms with Crippen molar-refractivity contribution in [2.75, 3.05) is 27.0 Å². The summed E-state index contributed by atoms with van der Waals surface area (Å²) in [5, 5.41) is 0.684. The highest BCUT2D eigenvalue weighted by Crippen LogP contribution is 2.23. The summed E-state index contributed by atoms with van der Waals surface area (Å²) in [5.74, 6) is 0. The summed E-state index contributed by atoms with van der Waals surface area (Å²) < 4.78 is 26.6. The van der Waals surface area contributed by atoms with Crippen molar-refractivity contribution in [1.82, 2.24) is 4.90 Å². The fourth-order valence-electron chi connectivity index (χ4n) is 1.72. The number of benzene rings is 1. The molecule has 4 nitrogen and oxygen atoms in total. The van der Waals surface area contributed by atoms with Crippen LogP contribution in [-0.4, -0.2) is 40.3 Å². The van der Waals surface area contributed by atoms with Crippen LogP contribution >= 0.6 is 11.6 Å². The topological polar surface area (TPSA) is 46.6 Å². The van der Waals surface area contributed by atoms with E-state index in [1.807, 2.05) is 43.3 Å². The molecule has 0 spiro atoms. The molecule has 18 heavy (non-hydrogen) atoms. The van der Waals surface area contributed by atoms with Crippen LogP contribution in [0.1, 0.15) is 18.0 Å². The fourth-order valence-corrected chi connectivity index (χ4v) is 2.24. The molecule has 0 saturated carbocycles. The minimum absolute atomic E-state index is 0.101. The molecule has 1 rings (SSSR count). The zero-order valence-electron chi connectivity index (χ0n) is 10.8. The lowest BCUT2D eigenvalue weighted by molar-refractivity contribution is 0.228. The molecule has 102 valence electrons. The first-order valence-corrected chi connectivity index (χ1v) is 7.75. The lowest BCUT2D eigenvalue weighted by Crippen LogP contribution is -2.22. The molecule has 1 aromatic carbocycles. The normalized spacial score (nSPS) is 13.8. The molecular weight excluding hydrogens is 274 g/mol. The highest BCUT2D eigenvalue weighted by Gasteiger charge is 2.15. The second-order valence-electron chi connectivity index (χ2n) is 4.35. The Morgan fingerprint density at radius 2 is 1.83 bits per heavy atom. The van der Waals surface area contributed by atoms with Crippen LogP contribution < -0.4 is 0 Å². The van der Waals surface area contributed by atoms with Gasteiger partial charge in [0.2, 0.25) is 0 Å². The molecule has 1 atom stereocenters. The van der Waals surface area contributed by atoms with Gasteiger partial charge in [0.25, 0.3) is 10.1 Å². The summed E-state index contributed by atoms with van der Waals surface area (Å²) in [4.78, 5) is 2.02. The van der Waals surface area contributed by atoms with E-state index in [2.05, 4.69) is 0 Å². The maximum absolute atomic E-state index is 10.9. The summed E-state index contributed by atoms with van der Waals surface area (Å²) in [6.07, 6.45) is 1.65. The summed E-state index contributed by atoms with van der Waals surface area (Å²) >= 11 is 5.84. The Balaban J connectivity index is 2.69. The van der Waals surface area contributed by atoms with E-state index in [-0.39, 0.29) is 12.6 Å². The average Bonchev–Trinajstić information content (AvgIpc) is 2.24. The van der Waals surface area contributed by atoms with E-state index in [9.17, 15) is 8.42 Å². The minimum atomic E-state index is -3.37. The second-order valence-corrected chi connectivity index (χ2v) is 6.43. The summed E-state index contributed by atoms with van der Waals surface area (Å²) in [7, 11) is 0.514. The third kappa shape index (κ3) is 5.35. The van der Waals surface area contributed by atoms with Crippen LogP contribution in [0.2, 0.25) is 5.02 Å². The predicted octanol–water partition coefficient (Wildman–Crippen LogP) is 2.31. The number of hydrogen-bond donors (Lipinski definition) is 0. The van der Waals surface area contributed by atoms with Crippen molar-refractivity contribution in [3.05, 3.63) is 34.9 Å². The molecule has 0 fully saturated rings. The first-order chi connectivity index (χ1) is 8.29. The van der Waals surface area contributed by atoms with Gasteiger partial charge in [-0.05, 0) is 38.2 Å². The Morgan fingerprint density at radius 1 is 1.28 bits per heavy atom. The van der Waals surface area contributed by atoms with Gasteiger partial charge in [-0.2, -0.15) is 8.42 Å². The number of nitrogens with zero attached hydrogens (tertiary/aromatic N) is 1. The molecule has 6 heteroatoms. The average molecular weight is 292 g/mol. The SMILES string of the molecule is CN(C)C(CCOS(C)(=O)=O)c1ccc(Cl)cc1. The number of halogens is 1. The first-order valence-electron chi connectivity index (χ1n) is 5.56. The number of hydrogen-bond acceptors (Lipinski definition) is 4. The molecule has 0 aliphatic rings. The molecule has 0 aromatic heterocycles. The van der Waals surface area contributed by atoms with Crippen molar-refractivity contribution in [1.29, 1.82) is 0 Å². The maximum atomic E-state index is 10.9. The van der Waals surface area contributed by atoms with Crippen molar-refractivity contribution in [2.45, 2.75) is 12.5 Å². The molecule has 0 bridgehead atoms. The van der Waals surface area contributed by atoms with Gasteiger partial charge in [-0.25, -0.2) is 0 Å². The Hall–Kier alpha value is -0.620. The Kier molecular flexibility index (Phi) is 5.59. The summed E-state index contributed by atoms with van der Waals surface area (Å²) in [5.41, 5.74) is 1.08. The minimum Gasteiger partial charge on any atom is -0.302 e. The summed E-state index contributed by atoms with van der Waals surface area (Å²) in [6.45, 7) is 0.171. The quantitative estimate of drug-likeness (QED) is 0.755. The van der Waals surface area contributed by atoms with Crippen molar-refractivity contribution >= 4 is 21.7 Å². The molecule has 0 heterocycles. The van der Waals surface area contributed by atoms with Crippen LogP contribution in [0, 0.1) is 0 Å². The van der Waals surface area contributed by atoms with Gasteiger partial charge in [-0.3, -0.25) is 4.18 Å². The Bertz CT molecular complexity index is 471. The van der Waals surface area contributed by atoms with Crippen LogP contribution in [0.25, 0.3) is 0 Å². The fraction of sp³-hybridized carbons (Fsp3) is 0.500. The molecular formula is C12H18ClNO3S. The van der Waals surface area contributed by atoms with Gasteiger partial charge in [-0.15, -0.1) is 0 Å². The third-order valence-electron chi connectivity index (χ3n) is 2.57. The van der Waals surface area contributed by atoms with E-state index in [0.29, 0.717) is 11.4 Å². The lowest BCUT2D eigenvalue weighted by Gasteiger charge is -2.24. The zero-order chi connectivity index (χ0) is 13.8. The first kappa shape index (κ1) is 15.4. The van der Waals surface area contributed by atoms with Gasteiger partial charge in [0.1, 0.15) is 0 Å². The van der Waals surface area contributed by atoms with Gasteiger partial charge in [0.15, 0.2) is 0 Å². The largest absolute Gasteiger partial charge is 0.302 e. The molecule has 0 aliphatic heterocycles.